The van der Waals surface area contributed by atoms with Gasteiger partial charge in [0.15, 0.2) is 0 Å². The molecule has 15 heavy (non-hydrogen) atoms. The minimum atomic E-state index is -4.34. The molecule has 0 unspecified atom stereocenters. The minimum Gasteiger partial charge on any atom is -0.310 e. The lowest BCUT2D eigenvalue weighted by Gasteiger charge is -2.31. The van der Waals surface area contributed by atoms with Gasteiger partial charge in [-0.05, 0) is 30.7 Å². The van der Waals surface area contributed by atoms with Crippen molar-refractivity contribution in [3.63, 3.8) is 0 Å². The first-order valence-electron chi connectivity index (χ1n) is 4.59. The SMILES string of the molecule is FC(F)(F)c1cccc(Cl)c1[C@@H]1CCN1. The highest BCUT2D eigenvalue weighted by Crippen LogP contribution is 2.40. The van der Waals surface area contributed by atoms with Crippen molar-refractivity contribution in [3.05, 3.63) is 34.3 Å². The highest BCUT2D eigenvalue weighted by molar-refractivity contribution is 6.31. The summed E-state index contributed by atoms with van der Waals surface area (Å²) < 4.78 is 38.0. The van der Waals surface area contributed by atoms with Gasteiger partial charge >= 0.3 is 6.18 Å². The van der Waals surface area contributed by atoms with Crippen LogP contribution in [0.2, 0.25) is 5.02 Å². The van der Waals surface area contributed by atoms with E-state index in [1.54, 1.807) is 0 Å². The van der Waals surface area contributed by atoms with Crippen LogP contribution in [0.4, 0.5) is 13.2 Å². The summed E-state index contributed by atoms with van der Waals surface area (Å²) in [5.41, 5.74) is -0.454. The fraction of sp³-hybridized carbons (Fsp3) is 0.400. The van der Waals surface area contributed by atoms with E-state index in [9.17, 15) is 13.2 Å². The van der Waals surface area contributed by atoms with Gasteiger partial charge in [-0.25, -0.2) is 0 Å². The van der Waals surface area contributed by atoms with E-state index in [2.05, 4.69) is 5.32 Å². The predicted octanol–water partition coefficient (Wildman–Crippen LogP) is 3.39. The fourth-order valence-electron chi connectivity index (χ4n) is 1.67. The van der Waals surface area contributed by atoms with E-state index in [1.807, 2.05) is 0 Å². The van der Waals surface area contributed by atoms with Gasteiger partial charge in [-0.1, -0.05) is 17.7 Å². The average molecular weight is 236 g/mol. The predicted molar refractivity (Wildman–Crippen MR) is 51.8 cm³/mol. The molecular formula is C10H9ClF3N. The Morgan fingerprint density at radius 3 is 2.47 bits per heavy atom. The second kappa shape index (κ2) is 3.68. The molecule has 1 nitrogen and oxygen atoms in total. The number of nitrogens with one attached hydrogen (secondary N) is 1. The number of hydrogen-bond donors (Lipinski definition) is 1. The summed E-state index contributed by atoms with van der Waals surface area (Å²) in [7, 11) is 0. The molecule has 1 aliphatic rings. The Bertz CT molecular complexity index is 371. The Kier molecular flexibility index (Phi) is 2.64. The molecule has 0 bridgehead atoms. The Balaban J connectivity index is 2.48. The molecule has 5 heteroatoms. The molecule has 1 aromatic rings. The molecule has 2 rings (SSSR count). The average Bonchev–Trinajstić information content (AvgIpc) is 2.03. The molecule has 1 N–H and O–H groups in total. The Hall–Kier alpha value is -0.740. The molecule has 1 saturated heterocycles. The first kappa shape index (κ1) is 10.8. The Morgan fingerprint density at radius 1 is 1.33 bits per heavy atom. The second-order valence-corrected chi connectivity index (χ2v) is 3.90. The lowest BCUT2D eigenvalue weighted by Crippen LogP contribution is -2.36. The Morgan fingerprint density at radius 2 is 2.00 bits per heavy atom. The number of alkyl halides is 3. The first-order chi connectivity index (χ1) is 7.00. The van der Waals surface area contributed by atoms with Crippen LogP contribution in [0.5, 0.6) is 0 Å². The summed E-state index contributed by atoms with van der Waals surface area (Å²) in [5.74, 6) is 0. The van der Waals surface area contributed by atoms with Crippen molar-refractivity contribution in [2.45, 2.75) is 18.6 Å². The van der Waals surface area contributed by atoms with E-state index in [-0.39, 0.29) is 16.6 Å². The quantitative estimate of drug-likeness (QED) is 0.787. The van der Waals surface area contributed by atoms with Gasteiger partial charge < -0.3 is 5.32 Å². The number of benzene rings is 1. The minimum absolute atomic E-state index is 0.179. The number of halogens is 4. The van der Waals surface area contributed by atoms with Crippen molar-refractivity contribution in [1.29, 1.82) is 0 Å². The molecule has 1 fully saturated rings. The summed E-state index contributed by atoms with van der Waals surface area (Å²) in [6.45, 7) is 0.743. The van der Waals surface area contributed by atoms with E-state index in [4.69, 9.17) is 11.6 Å². The third-order valence-corrected chi connectivity index (χ3v) is 2.86. The summed E-state index contributed by atoms with van der Waals surface area (Å²) >= 11 is 5.80. The zero-order chi connectivity index (χ0) is 11.1. The lowest BCUT2D eigenvalue weighted by atomic mass is 9.93. The lowest BCUT2D eigenvalue weighted by molar-refractivity contribution is -0.138. The van der Waals surface area contributed by atoms with Crippen molar-refractivity contribution in [2.24, 2.45) is 0 Å². The normalized spacial score (nSPS) is 21.2. The van der Waals surface area contributed by atoms with E-state index in [0.717, 1.165) is 12.6 Å². The molecule has 1 aromatic carbocycles. The van der Waals surface area contributed by atoms with Gasteiger partial charge in [0.1, 0.15) is 0 Å². The van der Waals surface area contributed by atoms with E-state index in [0.29, 0.717) is 6.42 Å². The molecular weight excluding hydrogens is 227 g/mol. The summed E-state index contributed by atoms with van der Waals surface area (Å²) in [4.78, 5) is 0. The van der Waals surface area contributed by atoms with Crippen LogP contribution < -0.4 is 5.32 Å². The standard InChI is InChI=1S/C10H9ClF3N/c11-7-3-1-2-6(10(12,13)14)9(7)8-4-5-15-8/h1-3,8,15H,4-5H2/t8-/m0/s1. The van der Waals surface area contributed by atoms with Gasteiger partial charge in [0, 0.05) is 11.1 Å². The van der Waals surface area contributed by atoms with Crippen molar-refractivity contribution in [2.75, 3.05) is 6.54 Å². The van der Waals surface area contributed by atoms with Crippen LogP contribution >= 0.6 is 11.6 Å². The molecule has 0 spiro atoms. The highest BCUT2D eigenvalue weighted by Gasteiger charge is 2.37. The third-order valence-electron chi connectivity index (χ3n) is 2.53. The zero-order valence-corrected chi connectivity index (χ0v) is 8.49. The van der Waals surface area contributed by atoms with Gasteiger partial charge in [0.05, 0.1) is 5.56 Å². The maximum atomic E-state index is 12.7. The highest BCUT2D eigenvalue weighted by atomic mass is 35.5. The summed E-state index contributed by atoms with van der Waals surface area (Å²) in [6, 6.07) is 3.64. The van der Waals surface area contributed by atoms with Crippen LogP contribution in [0, 0.1) is 0 Å². The first-order valence-corrected chi connectivity index (χ1v) is 4.97. The summed E-state index contributed by atoms with van der Waals surface area (Å²) in [6.07, 6.45) is -3.63. The summed E-state index contributed by atoms with van der Waals surface area (Å²) in [5, 5.41) is 3.11. The maximum Gasteiger partial charge on any atom is 0.416 e. The number of rotatable bonds is 1. The van der Waals surface area contributed by atoms with Crippen LogP contribution in [0.15, 0.2) is 18.2 Å². The molecule has 0 saturated carbocycles. The van der Waals surface area contributed by atoms with Gasteiger partial charge in [-0.3, -0.25) is 0 Å². The molecule has 0 radical (unpaired) electrons. The van der Waals surface area contributed by atoms with Crippen LogP contribution in [0.25, 0.3) is 0 Å². The molecule has 0 aliphatic carbocycles. The Labute approximate surface area is 90.2 Å². The molecule has 1 atom stereocenters. The monoisotopic (exact) mass is 235 g/mol. The van der Waals surface area contributed by atoms with Gasteiger partial charge in [-0.2, -0.15) is 13.2 Å². The van der Waals surface area contributed by atoms with Crippen molar-refractivity contribution >= 4 is 11.6 Å². The third kappa shape index (κ3) is 1.96. The number of hydrogen-bond acceptors (Lipinski definition) is 1. The van der Waals surface area contributed by atoms with Crippen molar-refractivity contribution in [1.82, 2.24) is 5.32 Å². The van der Waals surface area contributed by atoms with Crippen LogP contribution in [0.1, 0.15) is 23.6 Å². The molecule has 1 aliphatic heterocycles. The van der Waals surface area contributed by atoms with E-state index >= 15 is 0 Å². The van der Waals surface area contributed by atoms with Gasteiger partial charge in [0.25, 0.3) is 0 Å². The molecule has 0 aromatic heterocycles. The van der Waals surface area contributed by atoms with Crippen LogP contribution in [-0.2, 0) is 6.18 Å². The van der Waals surface area contributed by atoms with Crippen molar-refractivity contribution in [3.8, 4) is 0 Å². The van der Waals surface area contributed by atoms with Crippen molar-refractivity contribution < 1.29 is 13.2 Å². The maximum absolute atomic E-state index is 12.7. The molecule has 1 heterocycles. The smallest absolute Gasteiger partial charge is 0.310 e. The van der Waals surface area contributed by atoms with E-state index in [1.165, 1.54) is 12.1 Å². The van der Waals surface area contributed by atoms with Gasteiger partial charge in [0.2, 0.25) is 0 Å². The zero-order valence-electron chi connectivity index (χ0n) is 7.74. The van der Waals surface area contributed by atoms with Gasteiger partial charge in [-0.15, -0.1) is 0 Å². The second-order valence-electron chi connectivity index (χ2n) is 3.49. The topological polar surface area (TPSA) is 12.0 Å². The molecule has 0 amide bonds. The van der Waals surface area contributed by atoms with Crippen LogP contribution in [0.3, 0.4) is 0 Å². The largest absolute Gasteiger partial charge is 0.416 e. The van der Waals surface area contributed by atoms with E-state index < -0.39 is 11.7 Å². The molecule has 82 valence electrons. The van der Waals surface area contributed by atoms with Crippen LogP contribution in [-0.4, -0.2) is 6.54 Å². The fourth-order valence-corrected chi connectivity index (χ4v) is 1.98.